The summed E-state index contributed by atoms with van der Waals surface area (Å²) < 4.78 is 0. The second-order valence-electron chi connectivity index (χ2n) is 2.30. The van der Waals surface area contributed by atoms with Crippen LogP contribution in [0.3, 0.4) is 0 Å². The molecule has 0 aromatic heterocycles. The van der Waals surface area contributed by atoms with Crippen molar-refractivity contribution in [2.75, 3.05) is 0 Å². The fourth-order valence-corrected chi connectivity index (χ4v) is 0.125. The Bertz CT molecular complexity index is 64.6. The van der Waals surface area contributed by atoms with E-state index in [1.165, 1.54) is 5.34 Å². The molecule has 0 saturated heterocycles. The van der Waals surface area contributed by atoms with E-state index in [-0.39, 0.29) is 5.60 Å². The summed E-state index contributed by atoms with van der Waals surface area (Å²) in [6.45, 7) is 5.37. The topological polar surface area (TPSA) is 40.3 Å². The van der Waals surface area contributed by atoms with Gasteiger partial charge in [-0.2, -0.15) is 0 Å². The van der Waals surface area contributed by atoms with Gasteiger partial charge in [-0.3, -0.25) is 0 Å². The molecule has 0 aromatic rings. The molecule has 0 aliphatic heterocycles. The molecule has 0 radical (unpaired) electrons. The minimum Gasteiger partial charge on any atom is -0.228 e. The summed E-state index contributed by atoms with van der Waals surface area (Å²) in [5, 5.41) is 1.36. The average molecular weight is 104 g/mol. The predicted octanol–water partition coefficient (Wildman–Crippen LogP) is -0.436. The van der Waals surface area contributed by atoms with Crippen molar-refractivity contribution in [2.45, 2.75) is 26.4 Å². The largest absolute Gasteiger partial charge is 0.228 e. The van der Waals surface area contributed by atoms with Crippen LogP contribution in [0.5, 0.6) is 0 Å². The van der Waals surface area contributed by atoms with Gasteiger partial charge >= 0.3 is 0 Å². The summed E-state index contributed by atoms with van der Waals surface area (Å²) in [4.78, 5) is 13.9. The molecule has 0 heterocycles. The lowest BCUT2D eigenvalue weighted by molar-refractivity contribution is -0.790. The first-order valence-electron chi connectivity index (χ1n) is 2.11. The van der Waals surface area contributed by atoms with Crippen molar-refractivity contribution in [3.05, 3.63) is 4.91 Å². The third-order valence-corrected chi connectivity index (χ3v) is 0.348. The van der Waals surface area contributed by atoms with E-state index in [2.05, 4.69) is 4.84 Å². The molecular weight excluding hydrogens is 94.0 g/mol. The summed E-state index contributed by atoms with van der Waals surface area (Å²) >= 11 is 0. The monoisotopic (exact) mass is 104 g/mol. The first-order valence-corrected chi connectivity index (χ1v) is 2.11. The van der Waals surface area contributed by atoms with Crippen molar-refractivity contribution in [1.29, 1.82) is 0 Å². The third-order valence-electron chi connectivity index (χ3n) is 0.348. The smallest absolute Gasteiger partial charge is 0.201 e. The molecule has 7 heavy (non-hydrogen) atoms. The zero-order valence-corrected chi connectivity index (χ0v) is 4.82. The van der Waals surface area contributed by atoms with E-state index >= 15 is 0 Å². The Labute approximate surface area is 42.6 Å². The fraction of sp³-hybridized carbons (Fsp3) is 1.00. The zero-order valence-electron chi connectivity index (χ0n) is 4.82. The first-order chi connectivity index (χ1) is 3.06. The maximum Gasteiger partial charge on any atom is 0.201 e. The van der Waals surface area contributed by atoms with Gasteiger partial charge in [-0.15, -0.1) is 0 Å². The first kappa shape index (κ1) is 6.40. The summed E-state index contributed by atoms with van der Waals surface area (Å²) in [5.41, 5.74) is -0.373. The van der Waals surface area contributed by atoms with Crippen LogP contribution in [-0.2, 0) is 4.84 Å². The molecule has 1 N–H and O–H groups in total. The van der Waals surface area contributed by atoms with Crippen LogP contribution in [0.25, 0.3) is 0 Å². The average Bonchev–Trinajstić information content (AvgIpc) is 1.30. The lowest BCUT2D eigenvalue weighted by Gasteiger charge is -2.05. The van der Waals surface area contributed by atoms with Crippen molar-refractivity contribution in [3.63, 3.8) is 0 Å². The van der Waals surface area contributed by atoms with Gasteiger partial charge in [0.2, 0.25) is 5.34 Å². The van der Waals surface area contributed by atoms with Gasteiger partial charge in [0.05, 0.1) is 4.91 Å². The maximum absolute atomic E-state index is 9.47. The van der Waals surface area contributed by atoms with E-state index in [0.29, 0.717) is 0 Å². The summed E-state index contributed by atoms with van der Waals surface area (Å²) in [6.07, 6.45) is 0. The Hall–Kier alpha value is -0.600. The second kappa shape index (κ2) is 1.91. The summed E-state index contributed by atoms with van der Waals surface area (Å²) in [6, 6.07) is 0. The molecule has 0 rings (SSSR count). The number of rotatable bonds is 1. The van der Waals surface area contributed by atoms with E-state index in [1.807, 2.05) is 0 Å². The Kier molecular flexibility index (Phi) is 1.75. The van der Waals surface area contributed by atoms with Gasteiger partial charge < -0.3 is 0 Å². The van der Waals surface area contributed by atoms with Gasteiger partial charge in [-0.1, -0.05) is 0 Å². The lowest BCUT2D eigenvalue weighted by Crippen LogP contribution is -2.67. The van der Waals surface area contributed by atoms with Crippen LogP contribution < -0.4 is 5.34 Å². The van der Waals surface area contributed by atoms with Crippen LogP contribution in [-0.4, -0.2) is 5.60 Å². The molecule has 0 spiro atoms. The van der Waals surface area contributed by atoms with Gasteiger partial charge in [-0.05, 0) is 20.8 Å². The minimum atomic E-state index is -0.373. The van der Waals surface area contributed by atoms with Crippen molar-refractivity contribution in [3.8, 4) is 0 Å². The fourth-order valence-electron chi connectivity index (χ4n) is 0.125. The molecule has 0 aliphatic rings. The van der Waals surface area contributed by atoms with Crippen molar-refractivity contribution in [1.82, 2.24) is 0 Å². The molecule has 0 aromatic carbocycles. The van der Waals surface area contributed by atoms with Crippen LogP contribution in [0.4, 0.5) is 0 Å². The zero-order chi connectivity index (χ0) is 5.91. The standard InChI is InChI=1S/C4H10NO2/c1-4(2,3)7-5-6/h5H,1-3H3/q+1. The molecule has 0 fully saturated rings. The SMILES string of the molecule is CC(C)(C)O[NH+]=O. The normalized spacial score (nSPS) is 10.7. The van der Waals surface area contributed by atoms with Gasteiger partial charge in [0.25, 0.3) is 0 Å². The van der Waals surface area contributed by atoms with E-state index < -0.39 is 0 Å². The van der Waals surface area contributed by atoms with E-state index in [4.69, 9.17) is 0 Å². The van der Waals surface area contributed by atoms with Crippen LogP contribution >= 0.6 is 0 Å². The third kappa shape index (κ3) is 5.40. The molecule has 42 valence electrons. The van der Waals surface area contributed by atoms with E-state index in [0.717, 1.165) is 0 Å². The quantitative estimate of drug-likeness (QED) is 0.458. The van der Waals surface area contributed by atoms with E-state index in [9.17, 15) is 4.91 Å². The highest BCUT2D eigenvalue weighted by Crippen LogP contribution is 1.99. The number of hydrogen-bond acceptors (Lipinski definition) is 2. The van der Waals surface area contributed by atoms with Crippen LogP contribution in [0.1, 0.15) is 20.8 Å². The van der Waals surface area contributed by atoms with Crippen molar-refractivity contribution >= 4 is 0 Å². The molecule has 0 aliphatic carbocycles. The highest BCUT2D eigenvalue weighted by molar-refractivity contribution is 4.53. The molecule has 0 amide bonds. The molecule has 0 unspecified atom stereocenters. The van der Waals surface area contributed by atoms with Gasteiger partial charge in [0.1, 0.15) is 0 Å². The van der Waals surface area contributed by atoms with Crippen molar-refractivity contribution < 1.29 is 10.2 Å². The molecule has 0 atom stereocenters. The number of hydrogen-bond donors (Lipinski definition) is 1. The van der Waals surface area contributed by atoms with Crippen molar-refractivity contribution in [2.24, 2.45) is 0 Å². The Morgan fingerprint density at radius 2 is 1.86 bits per heavy atom. The Morgan fingerprint density at radius 3 is 1.86 bits per heavy atom. The molecule has 0 saturated carbocycles. The van der Waals surface area contributed by atoms with Gasteiger partial charge in [0, 0.05) is 0 Å². The highest BCUT2D eigenvalue weighted by Gasteiger charge is 2.14. The summed E-state index contributed by atoms with van der Waals surface area (Å²) in [5.74, 6) is 0. The summed E-state index contributed by atoms with van der Waals surface area (Å²) in [7, 11) is 0. The molecular formula is C4H10NO2+. The van der Waals surface area contributed by atoms with Gasteiger partial charge in [0.15, 0.2) is 5.60 Å². The Morgan fingerprint density at radius 1 is 1.43 bits per heavy atom. The number of nitrogens with one attached hydrogen (secondary N) is 1. The van der Waals surface area contributed by atoms with Crippen LogP contribution in [0, 0.1) is 4.91 Å². The van der Waals surface area contributed by atoms with E-state index in [1.54, 1.807) is 20.8 Å². The Balaban J connectivity index is 3.34. The molecule has 0 bridgehead atoms. The minimum absolute atomic E-state index is 0.373. The molecule has 3 heteroatoms. The maximum atomic E-state index is 9.47. The second-order valence-corrected chi connectivity index (χ2v) is 2.30. The lowest BCUT2D eigenvalue weighted by atomic mass is 10.2. The predicted molar refractivity (Wildman–Crippen MR) is 25.2 cm³/mol. The highest BCUT2D eigenvalue weighted by atomic mass is 16.7. The van der Waals surface area contributed by atoms with Gasteiger partial charge in [-0.25, -0.2) is 4.84 Å². The molecule has 3 nitrogen and oxygen atoms in total. The van der Waals surface area contributed by atoms with Crippen LogP contribution in [0.15, 0.2) is 0 Å². The van der Waals surface area contributed by atoms with Crippen LogP contribution in [0.2, 0.25) is 0 Å².